The van der Waals surface area contributed by atoms with Gasteiger partial charge in [0.15, 0.2) is 0 Å². The second kappa shape index (κ2) is 9.55. The third-order valence-electron chi connectivity index (χ3n) is 2.31. The molecule has 0 aliphatic heterocycles. The number of carbonyl (C=O) groups excluding carboxylic acids is 1. The predicted molar refractivity (Wildman–Crippen MR) is 76.4 cm³/mol. The first-order valence-electron chi connectivity index (χ1n) is 6.30. The number of thioether (sulfide) groups is 1. The molecule has 0 aliphatic carbocycles. The second-order valence-corrected chi connectivity index (χ2v) is 4.84. The van der Waals surface area contributed by atoms with Gasteiger partial charge in [0.1, 0.15) is 0 Å². The van der Waals surface area contributed by atoms with E-state index in [2.05, 4.69) is 10.6 Å². The van der Waals surface area contributed by atoms with Gasteiger partial charge in [-0.2, -0.15) is 8.78 Å². The average Bonchev–Trinajstić information content (AvgIpc) is 2.40. The Kier molecular flexibility index (Phi) is 7.98. The summed E-state index contributed by atoms with van der Waals surface area (Å²) in [5.74, 6) is -2.52. The van der Waals surface area contributed by atoms with Gasteiger partial charge in [0, 0.05) is 24.7 Å². The van der Waals surface area contributed by atoms with E-state index in [4.69, 9.17) is 4.74 Å². The van der Waals surface area contributed by atoms with Gasteiger partial charge in [0.25, 0.3) is 5.76 Å². The molecular weight excluding hydrogens is 286 g/mol. The largest absolute Gasteiger partial charge is 0.382 e. The summed E-state index contributed by atoms with van der Waals surface area (Å²) in [6.45, 7) is 3.59. The number of anilines is 1. The minimum atomic E-state index is -2.52. The molecule has 4 nitrogen and oxygen atoms in total. The monoisotopic (exact) mass is 304 g/mol. The van der Waals surface area contributed by atoms with Gasteiger partial charge in [0.2, 0.25) is 0 Å². The van der Waals surface area contributed by atoms with Crippen LogP contribution >= 0.6 is 11.8 Å². The maximum Gasteiger partial charge on any atom is 0.319 e. The highest BCUT2D eigenvalue weighted by Gasteiger charge is 2.11. The van der Waals surface area contributed by atoms with E-state index in [1.807, 2.05) is 6.92 Å². The Balaban J connectivity index is 2.41. The SMILES string of the molecule is CCOCCCNC(=O)Nc1ccccc1SC(F)F. The second-order valence-electron chi connectivity index (χ2n) is 3.81. The van der Waals surface area contributed by atoms with Gasteiger partial charge in [-0.05, 0) is 25.5 Å². The quantitative estimate of drug-likeness (QED) is 0.570. The van der Waals surface area contributed by atoms with Gasteiger partial charge < -0.3 is 15.4 Å². The Morgan fingerprint density at radius 1 is 1.40 bits per heavy atom. The van der Waals surface area contributed by atoms with Gasteiger partial charge in [0.05, 0.1) is 5.69 Å². The molecule has 1 aromatic rings. The van der Waals surface area contributed by atoms with Crippen LogP contribution in [0.1, 0.15) is 13.3 Å². The number of hydrogen-bond donors (Lipinski definition) is 2. The van der Waals surface area contributed by atoms with E-state index >= 15 is 0 Å². The fraction of sp³-hybridized carbons (Fsp3) is 0.462. The molecule has 2 N–H and O–H groups in total. The zero-order chi connectivity index (χ0) is 14.8. The van der Waals surface area contributed by atoms with Crippen LogP contribution in [0.2, 0.25) is 0 Å². The van der Waals surface area contributed by atoms with Crippen molar-refractivity contribution in [2.75, 3.05) is 25.1 Å². The molecule has 0 fully saturated rings. The fourth-order valence-corrected chi connectivity index (χ4v) is 2.05. The molecule has 0 heterocycles. The maximum atomic E-state index is 12.4. The van der Waals surface area contributed by atoms with Gasteiger partial charge in [-0.1, -0.05) is 23.9 Å². The molecule has 7 heteroatoms. The number of hydrogen-bond acceptors (Lipinski definition) is 3. The van der Waals surface area contributed by atoms with Crippen molar-refractivity contribution in [1.29, 1.82) is 0 Å². The average molecular weight is 304 g/mol. The molecule has 0 atom stereocenters. The summed E-state index contributed by atoms with van der Waals surface area (Å²) in [5, 5.41) is 5.21. The number of benzene rings is 1. The lowest BCUT2D eigenvalue weighted by molar-refractivity contribution is 0.145. The van der Waals surface area contributed by atoms with Crippen molar-refractivity contribution in [3.05, 3.63) is 24.3 Å². The number of alkyl halides is 2. The Labute approximate surface area is 121 Å². The summed E-state index contributed by atoms with van der Waals surface area (Å²) in [4.78, 5) is 12.0. The number of para-hydroxylation sites is 1. The number of amides is 2. The molecule has 2 amide bonds. The Bertz CT molecular complexity index is 419. The van der Waals surface area contributed by atoms with Crippen molar-refractivity contribution in [3.63, 3.8) is 0 Å². The predicted octanol–water partition coefficient (Wildman–Crippen LogP) is 3.55. The zero-order valence-electron chi connectivity index (χ0n) is 11.2. The number of urea groups is 1. The zero-order valence-corrected chi connectivity index (χ0v) is 12.0. The first-order chi connectivity index (χ1) is 9.63. The molecule has 0 radical (unpaired) electrons. The summed E-state index contributed by atoms with van der Waals surface area (Å²) in [7, 11) is 0. The fourth-order valence-electron chi connectivity index (χ4n) is 1.46. The van der Waals surface area contributed by atoms with Crippen molar-refractivity contribution in [3.8, 4) is 0 Å². The van der Waals surface area contributed by atoms with Crippen LogP contribution in [0.4, 0.5) is 19.3 Å². The summed E-state index contributed by atoms with van der Waals surface area (Å²) in [5.41, 5.74) is 0.375. The summed E-state index contributed by atoms with van der Waals surface area (Å²) in [6.07, 6.45) is 0.703. The van der Waals surface area contributed by atoms with E-state index in [1.54, 1.807) is 24.3 Å². The van der Waals surface area contributed by atoms with Gasteiger partial charge in [-0.15, -0.1) is 0 Å². The van der Waals surface area contributed by atoms with Crippen LogP contribution in [0.3, 0.4) is 0 Å². The number of rotatable bonds is 8. The molecule has 0 spiro atoms. The number of halogens is 2. The molecule has 0 saturated heterocycles. The van der Waals surface area contributed by atoms with Crippen LogP contribution in [0.5, 0.6) is 0 Å². The first-order valence-corrected chi connectivity index (χ1v) is 7.18. The standard InChI is InChI=1S/C13H18F2N2O2S/c1-2-19-9-5-8-16-13(18)17-10-6-3-4-7-11(10)20-12(14)15/h3-4,6-7,12H,2,5,8-9H2,1H3,(H2,16,17,18). The van der Waals surface area contributed by atoms with Crippen molar-refractivity contribution in [2.24, 2.45) is 0 Å². The van der Waals surface area contributed by atoms with Crippen molar-refractivity contribution in [2.45, 2.75) is 24.0 Å². The van der Waals surface area contributed by atoms with E-state index < -0.39 is 11.8 Å². The van der Waals surface area contributed by atoms with Gasteiger partial charge in [-0.3, -0.25) is 0 Å². The number of nitrogens with one attached hydrogen (secondary N) is 2. The van der Waals surface area contributed by atoms with E-state index in [1.165, 1.54) is 0 Å². The Morgan fingerprint density at radius 3 is 2.85 bits per heavy atom. The van der Waals surface area contributed by atoms with Crippen molar-refractivity contribution in [1.82, 2.24) is 5.32 Å². The molecule has 1 aromatic carbocycles. The third kappa shape index (κ3) is 6.72. The lowest BCUT2D eigenvalue weighted by Gasteiger charge is -2.11. The smallest absolute Gasteiger partial charge is 0.319 e. The van der Waals surface area contributed by atoms with Crippen molar-refractivity contribution < 1.29 is 18.3 Å². The summed E-state index contributed by atoms with van der Waals surface area (Å²) in [6, 6.07) is 6.05. The number of carbonyl (C=O) groups is 1. The molecule has 0 saturated carbocycles. The van der Waals surface area contributed by atoms with Crippen LogP contribution in [0, 0.1) is 0 Å². The van der Waals surface area contributed by atoms with Crippen LogP contribution in [0.25, 0.3) is 0 Å². The molecule has 0 unspecified atom stereocenters. The minimum absolute atomic E-state index is 0.340. The van der Waals surface area contributed by atoms with Gasteiger partial charge >= 0.3 is 6.03 Å². The lowest BCUT2D eigenvalue weighted by Crippen LogP contribution is -2.30. The number of ether oxygens (including phenoxy) is 1. The summed E-state index contributed by atoms with van der Waals surface area (Å²) >= 11 is 0.406. The molecule has 0 bridgehead atoms. The molecular formula is C13H18F2N2O2S. The van der Waals surface area contributed by atoms with Crippen LogP contribution < -0.4 is 10.6 Å². The highest BCUT2D eigenvalue weighted by atomic mass is 32.2. The van der Waals surface area contributed by atoms with Crippen LogP contribution in [-0.2, 0) is 4.74 Å². The first kappa shape index (κ1) is 16.7. The van der Waals surface area contributed by atoms with E-state index in [0.717, 1.165) is 0 Å². The van der Waals surface area contributed by atoms with E-state index in [9.17, 15) is 13.6 Å². The van der Waals surface area contributed by atoms with Crippen molar-refractivity contribution >= 4 is 23.5 Å². The lowest BCUT2D eigenvalue weighted by atomic mass is 10.3. The third-order valence-corrected chi connectivity index (χ3v) is 3.09. The molecule has 0 aliphatic rings. The Morgan fingerprint density at radius 2 is 2.15 bits per heavy atom. The van der Waals surface area contributed by atoms with Gasteiger partial charge in [-0.25, -0.2) is 4.79 Å². The normalized spacial score (nSPS) is 10.6. The molecule has 112 valence electrons. The highest BCUT2D eigenvalue weighted by Crippen LogP contribution is 2.31. The molecule has 20 heavy (non-hydrogen) atoms. The maximum absolute atomic E-state index is 12.4. The highest BCUT2D eigenvalue weighted by molar-refractivity contribution is 7.99. The molecule has 1 rings (SSSR count). The van der Waals surface area contributed by atoms with Crippen LogP contribution in [0.15, 0.2) is 29.2 Å². The minimum Gasteiger partial charge on any atom is -0.382 e. The topological polar surface area (TPSA) is 50.4 Å². The van der Waals surface area contributed by atoms with E-state index in [-0.39, 0.29) is 0 Å². The Hall–Kier alpha value is -1.34. The van der Waals surface area contributed by atoms with E-state index in [0.29, 0.717) is 48.5 Å². The van der Waals surface area contributed by atoms with Crippen LogP contribution in [-0.4, -0.2) is 31.5 Å². The molecule has 0 aromatic heterocycles. The summed E-state index contributed by atoms with van der Waals surface area (Å²) < 4.78 is 29.9.